The van der Waals surface area contributed by atoms with Gasteiger partial charge in [0.15, 0.2) is 0 Å². The molecule has 2 atom stereocenters. The minimum absolute atomic E-state index is 0.0111. The highest BCUT2D eigenvalue weighted by Crippen LogP contribution is 2.37. The number of benzene rings is 1. The maximum atomic E-state index is 13.6. The summed E-state index contributed by atoms with van der Waals surface area (Å²) in [6.45, 7) is 3.06. The van der Waals surface area contributed by atoms with Crippen LogP contribution in [0.3, 0.4) is 0 Å². The highest BCUT2D eigenvalue weighted by Gasteiger charge is 2.40. The molecule has 2 unspecified atom stereocenters. The molecule has 17 heavy (non-hydrogen) atoms. The molecule has 94 valence electrons. The van der Waals surface area contributed by atoms with Crippen LogP contribution in [0, 0.1) is 17.0 Å². The highest BCUT2D eigenvalue weighted by molar-refractivity contribution is 5.21. The zero-order valence-corrected chi connectivity index (χ0v) is 9.88. The monoisotopic (exact) mass is 241 g/mol. The van der Waals surface area contributed by atoms with Crippen molar-refractivity contribution in [3.05, 3.63) is 35.4 Å². The number of hydrogen-bond donors (Lipinski definition) is 1. The first kappa shape index (κ1) is 12.5. The predicted molar refractivity (Wildman–Crippen MR) is 61.6 cm³/mol. The molecule has 1 aromatic carbocycles. The quantitative estimate of drug-likeness (QED) is 0.881. The first-order valence-electron chi connectivity index (χ1n) is 5.83. The molecule has 0 bridgehead atoms. The summed E-state index contributed by atoms with van der Waals surface area (Å²) in [5.41, 5.74) is 6.10. The van der Waals surface area contributed by atoms with Crippen LogP contribution in [0.15, 0.2) is 18.2 Å². The van der Waals surface area contributed by atoms with E-state index < -0.39 is 11.6 Å². The number of halogens is 2. The Morgan fingerprint density at radius 3 is 2.76 bits per heavy atom. The van der Waals surface area contributed by atoms with E-state index in [0.29, 0.717) is 25.1 Å². The van der Waals surface area contributed by atoms with Gasteiger partial charge in [-0.1, -0.05) is 6.07 Å². The van der Waals surface area contributed by atoms with E-state index in [9.17, 15) is 8.78 Å². The van der Waals surface area contributed by atoms with Crippen LogP contribution in [0.25, 0.3) is 0 Å². The van der Waals surface area contributed by atoms with Crippen LogP contribution in [0.5, 0.6) is 0 Å². The Kier molecular flexibility index (Phi) is 3.45. The van der Waals surface area contributed by atoms with E-state index in [1.54, 1.807) is 0 Å². The van der Waals surface area contributed by atoms with Gasteiger partial charge in [-0.2, -0.15) is 0 Å². The molecule has 1 aliphatic rings. The second kappa shape index (κ2) is 4.70. The van der Waals surface area contributed by atoms with Gasteiger partial charge in [-0.15, -0.1) is 0 Å². The van der Waals surface area contributed by atoms with Crippen LogP contribution >= 0.6 is 0 Å². The van der Waals surface area contributed by atoms with Crippen molar-refractivity contribution in [3.8, 4) is 0 Å². The first-order chi connectivity index (χ1) is 8.07. The van der Waals surface area contributed by atoms with Crippen molar-refractivity contribution in [2.45, 2.75) is 25.9 Å². The van der Waals surface area contributed by atoms with Gasteiger partial charge in [0.25, 0.3) is 0 Å². The largest absolute Gasteiger partial charge is 0.378 e. The van der Waals surface area contributed by atoms with Gasteiger partial charge in [0, 0.05) is 24.6 Å². The van der Waals surface area contributed by atoms with Gasteiger partial charge in [0.1, 0.15) is 11.6 Å². The number of nitrogens with two attached hydrogens (primary N) is 1. The third-order valence-electron chi connectivity index (χ3n) is 3.79. The number of rotatable bonds is 3. The SMILES string of the molecule is CC1OCCC1(CN)Cc1ccc(F)cc1F. The van der Waals surface area contributed by atoms with E-state index in [-0.39, 0.29) is 11.5 Å². The number of ether oxygens (including phenoxy) is 1. The lowest BCUT2D eigenvalue weighted by molar-refractivity contribution is 0.0670. The Morgan fingerprint density at radius 1 is 1.47 bits per heavy atom. The van der Waals surface area contributed by atoms with Crippen LogP contribution in [0.2, 0.25) is 0 Å². The second-order valence-corrected chi connectivity index (χ2v) is 4.74. The number of hydrogen-bond acceptors (Lipinski definition) is 2. The van der Waals surface area contributed by atoms with E-state index in [2.05, 4.69) is 0 Å². The molecule has 0 amide bonds. The van der Waals surface area contributed by atoms with Gasteiger partial charge < -0.3 is 10.5 Å². The van der Waals surface area contributed by atoms with Gasteiger partial charge >= 0.3 is 0 Å². The van der Waals surface area contributed by atoms with Gasteiger partial charge in [-0.05, 0) is 31.4 Å². The molecule has 2 rings (SSSR count). The van der Waals surface area contributed by atoms with Gasteiger partial charge in [0.05, 0.1) is 6.10 Å². The van der Waals surface area contributed by atoms with Crippen molar-refractivity contribution in [2.24, 2.45) is 11.1 Å². The van der Waals surface area contributed by atoms with E-state index >= 15 is 0 Å². The van der Waals surface area contributed by atoms with Crippen molar-refractivity contribution in [1.29, 1.82) is 0 Å². The zero-order valence-electron chi connectivity index (χ0n) is 9.88. The molecule has 0 aromatic heterocycles. The van der Waals surface area contributed by atoms with Gasteiger partial charge in [-0.25, -0.2) is 8.78 Å². The minimum Gasteiger partial charge on any atom is -0.378 e. The predicted octanol–water partition coefficient (Wildman–Crippen LogP) is 2.26. The van der Waals surface area contributed by atoms with Crippen molar-refractivity contribution in [3.63, 3.8) is 0 Å². The lowest BCUT2D eigenvalue weighted by Crippen LogP contribution is -2.39. The molecule has 4 heteroatoms. The highest BCUT2D eigenvalue weighted by atomic mass is 19.1. The van der Waals surface area contributed by atoms with Crippen LogP contribution in [-0.2, 0) is 11.2 Å². The summed E-state index contributed by atoms with van der Waals surface area (Å²) in [4.78, 5) is 0. The summed E-state index contributed by atoms with van der Waals surface area (Å²) in [5, 5.41) is 0. The molecular weight excluding hydrogens is 224 g/mol. The molecule has 0 saturated carbocycles. The normalized spacial score (nSPS) is 28.6. The van der Waals surface area contributed by atoms with Crippen molar-refractivity contribution >= 4 is 0 Å². The second-order valence-electron chi connectivity index (χ2n) is 4.74. The molecule has 0 spiro atoms. The summed E-state index contributed by atoms with van der Waals surface area (Å²) in [7, 11) is 0. The molecule has 0 aliphatic carbocycles. The van der Waals surface area contributed by atoms with Crippen LogP contribution in [0.4, 0.5) is 8.78 Å². The van der Waals surface area contributed by atoms with E-state index in [4.69, 9.17) is 10.5 Å². The Labute approximate surface area is 99.8 Å². The topological polar surface area (TPSA) is 35.2 Å². The molecule has 1 aliphatic heterocycles. The molecule has 0 radical (unpaired) electrons. The van der Waals surface area contributed by atoms with Crippen LogP contribution in [-0.4, -0.2) is 19.3 Å². The Hall–Kier alpha value is -1.00. The Morgan fingerprint density at radius 2 is 2.24 bits per heavy atom. The molecule has 1 fully saturated rings. The Balaban J connectivity index is 2.24. The summed E-state index contributed by atoms with van der Waals surface area (Å²) in [6.07, 6.45) is 1.33. The molecule has 1 heterocycles. The zero-order chi connectivity index (χ0) is 12.5. The van der Waals surface area contributed by atoms with Crippen molar-refractivity contribution in [2.75, 3.05) is 13.2 Å². The maximum absolute atomic E-state index is 13.6. The summed E-state index contributed by atoms with van der Waals surface area (Å²) < 4.78 is 32.0. The van der Waals surface area contributed by atoms with E-state index in [1.807, 2.05) is 6.92 Å². The standard InChI is InChI=1S/C13H17F2NO/c1-9-13(8-16,4-5-17-9)7-10-2-3-11(14)6-12(10)15/h2-3,6,9H,4-5,7-8,16H2,1H3. The summed E-state index contributed by atoms with van der Waals surface area (Å²) in [6, 6.07) is 3.69. The maximum Gasteiger partial charge on any atom is 0.129 e. The summed E-state index contributed by atoms with van der Waals surface area (Å²) >= 11 is 0. The van der Waals surface area contributed by atoms with Crippen molar-refractivity contribution < 1.29 is 13.5 Å². The van der Waals surface area contributed by atoms with Gasteiger partial charge in [-0.3, -0.25) is 0 Å². The van der Waals surface area contributed by atoms with Crippen LogP contribution < -0.4 is 5.73 Å². The average molecular weight is 241 g/mol. The average Bonchev–Trinajstić information content (AvgIpc) is 2.65. The third-order valence-corrected chi connectivity index (χ3v) is 3.79. The fraction of sp³-hybridized carbons (Fsp3) is 0.538. The van der Waals surface area contributed by atoms with E-state index in [0.717, 1.165) is 12.5 Å². The van der Waals surface area contributed by atoms with Crippen molar-refractivity contribution in [1.82, 2.24) is 0 Å². The summed E-state index contributed by atoms with van der Waals surface area (Å²) in [5.74, 6) is -1.05. The minimum atomic E-state index is -0.552. The first-order valence-corrected chi connectivity index (χ1v) is 5.83. The fourth-order valence-corrected chi connectivity index (χ4v) is 2.44. The molecule has 2 N–H and O–H groups in total. The molecule has 2 nitrogen and oxygen atoms in total. The molecular formula is C13H17F2NO. The third kappa shape index (κ3) is 2.33. The van der Waals surface area contributed by atoms with Crippen LogP contribution in [0.1, 0.15) is 18.9 Å². The molecule has 1 saturated heterocycles. The van der Waals surface area contributed by atoms with Gasteiger partial charge in [0.2, 0.25) is 0 Å². The smallest absolute Gasteiger partial charge is 0.129 e. The Bertz CT molecular complexity index is 410. The molecule has 1 aromatic rings. The van der Waals surface area contributed by atoms with E-state index in [1.165, 1.54) is 12.1 Å². The lowest BCUT2D eigenvalue weighted by atomic mass is 9.76. The lowest BCUT2D eigenvalue weighted by Gasteiger charge is -2.31. The fourth-order valence-electron chi connectivity index (χ4n) is 2.44.